The van der Waals surface area contributed by atoms with Crippen LogP contribution >= 0.6 is 0 Å². The molecule has 98 valence electrons. The predicted molar refractivity (Wildman–Crippen MR) is 69.9 cm³/mol. The molecule has 1 N–H and O–H groups in total. The van der Waals surface area contributed by atoms with Crippen molar-refractivity contribution in [2.75, 3.05) is 13.2 Å². The van der Waals surface area contributed by atoms with E-state index >= 15 is 0 Å². The molecule has 18 heavy (non-hydrogen) atoms. The first kappa shape index (κ1) is 13.1. The molecule has 1 atom stereocenters. The second kappa shape index (κ2) is 5.11. The topological polar surface area (TPSA) is 46.5 Å². The minimum Gasteiger partial charge on any atom is -0.481 e. The molecular formula is C15H20O3. The molecule has 1 aromatic rings. The summed E-state index contributed by atoms with van der Waals surface area (Å²) in [6.07, 6.45) is 1.23. The molecule has 1 unspecified atom stereocenters. The number of benzene rings is 1. The lowest BCUT2D eigenvalue weighted by atomic mass is 9.81. The highest BCUT2D eigenvalue weighted by atomic mass is 16.5. The van der Waals surface area contributed by atoms with E-state index in [2.05, 4.69) is 24.3 Å². The van der Waals surface area contributed by atoms with Gasteiger partial charge in [-0.05, 0) is 17.5 Å². The van der Waals surface area contributed by atoms with Gasteiger partial charge >= 0.3 is 5.97 Å². The Hall–Kier alpha value is -1.35. The summed E-state index contributed by atoms with van der Waals surface area (Å²) in [5.74, 6) is -0.255. The van der Waals surface area contributed by atoms with E-state index < -0.39 is 5.97 Å². The number of ether oxygens (including phenoxy) is 1. The van der Waals surface area contributed by atoms with E-state index in [-0.39, 0.29) is 11.8 Å². The summed E-state index contributed by atoms with van der Waals surface area (Å²) in [5, 5.41) is 8.92. The van der Waals surface area contributed by atoms with Gasteiger partial charge in [0.05, 0.1) is 13.0 Å². The zero-order valence-corrected chi connectivity index (χ0v) is 11.0. The van der Waals surface area contributed by atoms with Gasteiger partial charge in [0.1, 0.15) is 0 Å². The Labute approximate surface area is 108 Å². The van der Waals surface area contributed by atoms with Gasteiger partial charge in [-0.1, -0.05) is 38.1 Å². The Kier molecular flexibility index (Phi) is 3.71. The van der Waals surface area contributed by atoms with E-state index in [1.54, 1.807) is 0 Å². The third kappa shape index (κ3) is 2.91. The molecule has 0 amide bonds. The van der Waals surface area contributed by atoms with Gasteiger partial charge < -0.3 is 9.84 Å². The van der Waals surface area contributed by atoms with Crippen LogP contribution < -0.4 is 0 Å². The van der Waals surface area contributed by atoms with Gasteiger partial charge in [-0.3, -0.25) is 4.79 Å². The fourth-order valence-corrected chi connectivity index (χ4v) is 2.48. The van der Waals surface area contributed by atoms with Crippen molar-refractivity contribution in [3.8, 4) is 0 Å². The van der Waals surface area contributed by atoms with Crippen molar-refractivity contribution >= 4 is 5.97 Å². The lowest BCUT2D eigenvalue weighted by molar-refractivity contribution is -0.138. The number of carbonyl (C=O) groups is 1. The number of carboxylic acids is 1. The van der Waals surface area contributed by atoms with Crippen molar-refractivity contribution in [3.63, 3.8) is 0 Å². The van der Waals surface area contributed by atoms with Crippen molar-refractivity contribution in [2.24, 2.45) is 0 Å². The standard InChI is InChI=1S/C15H20O3/c1-15(2,9-14(16)17)13-5-3-11(4-6-13)12-7-8-18-10-12/h3-6,12H,7-10H2,1-2H3,(H,16,17). The van der Waals surface area contributed by atoms with E-state index in [1.807, 2.05) is 13.8 Å². The molecule has 0 saturated carbocycles. The van der Waals surface area contributed by atoms with Crippen LogP contribution in [0.2, 0.25) is 0 Å². The summed E-state index contributed by atoms with van der Waals surface area (Å²) >= 11 is 0. The zero-order chi connectivity index (χ0) is 13.2. The monoisotopic (exact) mass is 248 g/mol. The van der Waals surface area contributed by atoms with E-state index in [1.165, 1.54) is 5.56 Å². The van der Waals surface area contributed by atoms with Crippen molar-refractivity contribution in [1.29, 1.82) is 0 Å². The molecule has 1 aromatic carbocycles. The third-order valence-corrected chi connectivity index (χ3v) is 3.69. The van der Waals surface area contributed by atoms with Gasteiger partial charge in [0.2, 0.25) is 0 Å². The molecule has 1 saturated heterocycles. The largest absolute Gasteiger partial charge is 0.481 e. The van der Waals surface area contributed by atoms with Crippen LogP contribution in [0.4, 0.5) is 0 Å². The smallest absolute Gasteiger partial charge is 0.304 e. The van der Waals surface area contributed by atoms with Crippen molar-refractivity contribution in [3.05, 3.63) is 35.4 Å². The van der Waals surface area contributed by atoms with Crippen LogP contribution in [0.3, 0.4) is 0 Å². The average molecular weight is 248 g/mol. The lowest BCUT2D eigenvalue weighted by Crippen LogP contribution is -2.21. The molecule has 1 aliphatic heterocycles. The van der Waals surface area contributed by atoms with Gasteiger partial charge in [0.25, 0.3) is 0 Å². The molecule has 1 fully saturated rings. The van der Waals surface area contributed by atoms with Gasteiger partial charge in [-0.2, -0.15) is 0 Å². The summed E-state index contributed by atoms with van der Waals surface area (Å²) in [7, 11) is 0. The zero-order valence-electron chi connectivity index (χ0n) is 11.0. The van der Waals surface area contributed by atoms with Crippen LogP contribution in [0, 0.1) is 0 Å². The van der Waals surface area contributed by atoms with Crippen molar-refractivity contribution < 1.29 is 14.6 Å². The molecule has 0 aromatic heterocycles. The second-order valence-corrected chi connectivity index (χ2v) is 5.64. The minimum atomic E-state index is -0.756. The van der Waals surface area contributed by atoms with E-state index in [9.17, 15) is 4.79 Å². The predicted octanol–water partition coefficient (Wildman–Crippen LogP) is 2.94. The Morgan fingerprint density at radius 2 is 2.06 bits per heavy atom. The second-order valence-electron chi connectivity index (χ2n) is 5.64. The van der Waals surface area contributed by atoms with Crippen molar-refractivity contribution in [1.82, 2.24) is 0 Å². The van der Waals surface area contributed by atoms with Crippen LogP contribution in [0.25, 0.3) is 0 Å². The fraction of sp³-hybridized carbons (Fsp3) is 0.533. The molecule has 1 aliphatic rings. The lowest BCUT2D eigenvalue weighted by Gasteiger charge is -2.23. The molecule has 0 bridgehead atoms. The number of hydrogen-bond donors (Lipinski definition) is 1. The Morgan fingerprint density at radius 1 is 1.39 bits per heavy atom. The highest BCUT2D eigenvalue weighted by molar-refractivity contribution is 5.68. The maximum absolute atomic E-state index is 10.8. The number of carboxylic acid groups (broad SMARTS) is 1. The SMILES string of the molecule is CC(C)(CC(=O)O)c1ccc(C2CCOC2)cc1. The summed E-state index contributed by atoms with van der Waals surface area (Å²) in [6, 6.07) is 8.32. The van der Waals surface area contributed by atoms with Crippen molar-refractivity contribution in [2.45, 2.75) is 38.0 Å². The Morgan fingerprint density at radius 3 is 2.56 bits per heavy atom. The Balaban J connectivity index is 2.13. The molecule has 0 spiro atoms. The molecule has 1 heterocycles. The quantitative estimate of drug-likeness (QED) is 0.891. The summed E-state index contributed by atoms with van der Waals surface area (Å²) < 4.78 is 5.38. The Bertz CT molecular complexity index is 414. The number of hydrogen-bond acceptors (Lipinski definition) is 2. The highest BCUT2D eigenvalue weighted by Gasteiger charge is 2.24. The van der Waals surface area contributed by atoms with E-state index in [0.29, 0.717) is 5.92 Å². The normalized spacial score (nSPS) is 20.0. The van der Waals surface area contributed by atoms with Crippen LogP contribution in [0.1, 0.15) is 43.7 Å². The minimum absolute atomic E-state index is 0.152. The fourth-order valence-electron chi connectivity index (χ4n) is 2.48. The molecule has 0 aliphatic carbocycles. The first-order valence-corrected chi connectivity index (χ1v) is 6.39. The molecule has 3 heteroatoms. The summed E-state index contributed by atoms with van der Waals surface area (Å²) in [5.41, 5.74) is 2.05. The van der Waals surface area contributed by atoms with E-state index in [0.717, 1.165) is 25.2 Å². The first-order valence-electron chi connectivity index (χ1n) is 6.39. The maximum atomic E-state index is 10.8. The third-order valence-electron chi connectivity index (χ3n) is 3.69. The number of rotatable bonds is 4. The van der Waals surface area contributed by atoms with Gasteiger partial charge in [0.15, 0.2) is 0 Å². The summed E-state index contributed by atoms with van der Waals surface area (Å²) in [6.45, 7) is 5.58. The van der Waals surface area contributed by atoms with Crippen LogP contribution in [0.5, 0.6) is 0 Å². The molecule has 3 nitrogen and oxygen atoms in total. The van der Waals surface area contributed by atoms with Gasteiger partial charge in [-0.25, -0.2) is 0 Å². The van der Waals surface area contributed by atoms with Crippen LogP contribution in [-0.4, -0.2) is 24.3 Å². The maximum Gasteiger partial charge on any atom is 0.304 e. The van der Waals surface area contributed by atoms with E-state index in [4.69, 9.17) is 9.84 Å². The van der Waals surface area contributed by atoms with Gasteiger partial charge in [0, 0.05) is 17.9 Å². The van der Waals surface area contributed by atoms with Gasteiger partial charge in [-0.15, -0.1) is 0 Å². The highest BCUT2D eigenvalue weighted by Crippen LogP contribution is 2.30. The average Bonchev–Trinajstić information content (AvgIpc) is 2.81. The van der Waals surface area contributed by atoms with Crippen LogP contribution in [0.15, 0.2) is 24.3 Å². The molecular weight excluding hydrogens is 228 g/mol. The first-order chi connectivity index (χ1) is 8.49. The molecule has 0 radical (unpaired) electrons. The molecule has 2 rings (SSSR count). The number of aliphatic carboxylic acids is 1. The van der Waals surface area contributed by atoms with Crippen LogP contribution in [-0.2, 0) is 14.9 Å². The summed E-state index contributed by atoms with van der Waals surface area (Å²) in [4.78, 5) is 10.8.